The van der Waals surface area contributed by atoms with Gasteiger partial charge in [-0.3, -0.25) is 0 Å². The summed E-state index contributed by atoms with van der Waals surface area (Å²) in [6.45, 7) is 2.14. The Morgan fingerprint density at radius 2 is 2.09 bits per heavy atom. The van der Waals surface area contributed by atoms with Gasteiger partial charge >= 0.3 is 0 Å². The highest BCUT2D eigenvalue weighted by molar-refractivity contribution is 4.76. The molecule has 0 radical (unpaired) electrons. The van der Waals surface area contributed by atoms with E-state index in [-0.39, 0.29) is 0 Å². The maximum Gasteiger partial charge on any atom is 0.0623 e. The van der Waals surface area contributed by atoms with Crippen molar-refractivity contribution in [2.75, 3.05) is 13.2 Å². The van der Waals surface area contributed by atoms with Crippen LogP contribution in [0.3, 0.4) is 0 Å². The van der Waals surface area contributed by atoms with Gasteiger partial charge in [0.25, 0.3) is 0 Å². The molecule has 0 aromatic heterocycles. The Labute approximate surface area is 68.3 Å². The second-order valence-corrected chi connectivity index (χ2v) is 3.68. The predicted octanol–water partition coefficient (Wildman–Crippen LogP) is 1.31. The summed E-state index contributed by atoms with van der Waals surface area (Å²) in [7, 11) is 0. The summed E-state index contributed by atoms with van der Waals surface area (Å²) in [5.41, 5.74) is 0. The average Bonchev–Trinajstić information content (AvgIpc) is 2.36. The molecule has 1 atom stereocenters. The van der Waals surface area contributed by atoms with E-state index in [2.05, 4.69) is 5.32 Å². The number of hydrogen-bond acceptors (Lipinski definition) is 2. The zero-order valence-corrected chi connectivity index (χ0v) is 7.01. The Morgan fingerprint density at radius 3 is 2.64 bits per heavy atom. The van der Waals surface area contributed by atoms with Crippen molar-refractivity contribution < 1.29 is 4.74 Å². The van der Waals surface area contributed by atoms with E-state index in [0.29, 0.717) is 12.1 Å². The van der Waals surface area contributed by atoms with Crippen molar-refractivity contribution in [3.63, 3.8) is 0 Å². The maximum absolute atomic E-state index is 5.70. The van der Waals surface area contributed by atoms with Gasteiger partial charge in [0, 0.05) is 6.04 Å². The third-order valence-electron chi connectivity index (χ3n) is 2.75. The van der Waals surface area contributed by atoms with Gasteiger partial charge in [0.15, 0.2) is 0 Å². The van der Waals surface area contributed by atoms with Crippen molar-refractivity contribution in [2.24, 2.45) is 0 Å². The summed E-state index contributed by atoms with van der Waals surface area (Å²) in [5, 5.41) is 3.44. The Hall–Kier alpha value is -0.0800. The summed E-state index contributed by atoms with van der Waals surface area (Å²) < 4.78 is 5.70. The SMILES string of the molecule is C1CC(OC[C@@H]2CCCN2)C1. The zero-order valence-electron chi connectivity index (χ0n) is 7.01. The Kier molecular flexibility index (Phi) is 2.44. The van der Waals surface area contributed by atoms with E-state index in [0.717, 1.165) is 6.61 Å². The molecule has 0 aromatic rings. The molecular formula is C9H17NO. The Bertz CT molecular complexity index is 117. The van der Waals surface area contributed by atoms with Crippen LogP contribution in [0.25, 0.3) is 0 Å². The predicted molar refractivity (Wildman–Crippen MR) is 44.6 cm³/mol. The van der Waals surface area contributed by atoms with Crippen molar-refractivity contribution in [3.8, 4) is 0 Å². The molecule has 2 nitrogen and oxygen atoms in total. The maximum atomic E-state index is 5.70. The fourth-order valence-corrected chi connectivity index (χ4v) is 1.69. The number of nitrogens with one attached hydrogen (secondary N) is 1. The van der Waals surface area contributed by atoms with Crippen LogP contribution in [0, 0.1) is 0 Å². The largest absolute Gasteiger partial charge is 0.377 e. The van der Waals surface area contributed by atoms with Gasteiger partial charge in [0.1, 0.15) is 0 Å². The van der Waals surface area contributed by atoms with Crippen LogP contribution in [-0.4, -0.2) is 25.3 Å². The first-order valence-electron chi connectivity index (χ1n) is 4.80. The fraction of sp³-hybridized carbons (Fsp3) is 1.00. The smallest absolute Gasteiger partial charge is 0.0623 e. The van der Waals surface area contributed by atoms with Crippen LogP contribution in [0.2, 0.25) is 0 Å². The highest BCUT2D eigenvalue weighted by Crippen LogP contribution is 2.22. The molecular weight excluding hydrogens is 138 g/mol. The quantitative estimate of drug-likeness (QED) is 0.663. The molecule has 1 saturated heterocycles. The van der Waals surface area contributed by atoms with Gasteiger partial charge in [0.2, 0.25) is 0 Å². The van der Waals surface area contributed by atoms with Gasteiger partial charge in [-0.05, 0) is 38.6 Å². The summed E-state index contributed by atoms with van der Waals surface area (Å²) in [6, 6.07) is 0.663. The standard InChI is InChI=1S/C9H17NO/c1-4-9(5-1)11-7-8-3-2-6-10-8/h8-10H,1-7H2/t8-/m0/s1. The molecule has 2 rings (SSSR count). The van der Waals surface area contributed by atoms with Crippen LogP contribution in [0.5, 0.6) is 0 Å². The first-order valence-corrected chi connectivity index (χ1v) is 4.80. The summed E-state index contributed by atoms with van der Waals surface area (Å²) >= 11 is 0. The van der Waals surface area contributed by atoms with Crippen molar-refractivity contribution >= 4 is 0 Å². The minimum absolute atomic E-state index is 0.609. The van der Waals surface area contributed by atoms with Gasteiger partial charge in [0.05, 0.1) is 12.7 Å². The lowest BCUT2D eigenvalue weighted by Gasteiger charge is -2.26. The van der Waals surface area contributed by atoms with Gasteiger partial charge < -0.3 is 10.1 Å². The highest BCUT2D eigenvalue weighted by atomic mass is 16.5. The second-order valence-electron chi connectivity index (χ2n) is 3.68. The molecule has 0 spiro atoms. The van der Waals surface area contributed by atoms with Crippen LogP contribution < -0.4 is 5.32 Å². The van der Waals surface area contributed by atoms with E-state index < -0.39 is 0 Å². The van der Waals surface area contributed by atoms with E-state index in [4.69, 9.17) is 4.74 Å². The van der Waals surface area contributed by atoms with Gasteiger partial charge in [-0.2, -0.15) is 0 Å². The average molecular weight is 155 g/mol. The molecule has 11 heavy (non-hydrogen) atoms. The molecule has 1 saturated carbocycles. The molecule has 1 aliphatic heterocycles. The minimum Gasteiger partial charge on any atom is -0.377 e. The molecule has 1 N–H and O–H groups in total. The summed E-state index contributed by atoms with van der Waals surface area (Å²) in [5.74, 6) is 0. The van der Waals surface area contributed by atoms with E-state index in [1.54, 1.807) is 0 Å². The normalized spacial score (nSPS) is 32.2. The van der Waals surface area contributed by atoms with Gasteiger partial charge in [-0.1, -0.05) is 0 Å². The first kappa shape index (κ1) is 7.56. The van der Waals surface area contributed by atoms with Gasteiger partial charge in [-0.25, -0.2) is 0 Å². The topological polar surface area (TPSA) is 21.3 Å². The lowest BCUT2D eigenvalue weighted by molar-refractivity contribution is -0.00628. The van der Waals surface area contributed by atoms with Crippen molar-refractivity contribution in [1.82, 2.24) is 5.32 Å². The molecule has 1 heterocycles. The van der Waals surface area contributed by atoms with Crippen LogP contribution in [0.1, 0.15) is 32.1 Å². The second kappa shape index (κ2) is 3.55. The van der Waals surface area contributed by atoms with Crippen molar-refractivity contribution in [2.45, 2.75) is 44.2 Å². The molecule has 2 heteroatoms. The third kappa shape index (κ3) is 1.94. The Morgan fingerprint density at radius 1 is 1.18 bits per heavy atom. The zero-order chi connectivity index (χ0) is 7.52. The molecule has 0 unspecified atom stereocenters. The molecule has 64 valence electrons. The lowest BCUT2D eigenvalue weighted by Crippen LogP contribution is -2.31. The van der Waals surface area contributed by atoms with Crippen LogP contribution >= 0.6 is 0 Å². The van der Waals surface area contributed by atoms with Gasteiger partial charge in [-0.15, -0.1) is 0 Å². The third-order valence-corrected chi connectivity index (χ3v) is 2.75. The number of hydrogen-bond donors (Lipinski definition) is 1. The van der Waals surface area contributed by atoms with Crippen molar-refractivity contribution in [1.29, 1.82) is 0 Å². The molecule has 2 fully saturated rings. The molecule has 0 bridgehead atoms. The van der Waals surface area contributed by atoms with E-state index in [9.17, 15) is 0 Å². The number of rotatable bonds is 3. The fourth-order valence-electron chi connectivity index (χ4n) is 1.69. The molecule has 0 amide bonds. The summed E-state index contributed by atoms with van der Waals surface area (Å²) in [4.78, 5) is 0. The summed E-state index contributed by atoms with van der Waals surface area (Å²) in [6.07, 6.45) is 7.23. The van der Waals surface area contributed by atoms with Crippen molar-refractivity contribution in [3.05, 3.63) is 0 Å². The molecule has 0 aromatic carbocycles. The number of ether oxygens (including phenoxy) is 1. The van der Waals surface area contributed by atoms with E-state index in [1.165, 1.54) is 38.6 Å². The Balaban J connectivity index is 1.57. The highest BCUT2D eigenvalue weighted by Gasteiger charge is 2.20. The van der Waals surface area contributed by atoms with Crippen LogP contribution in [0.4, 0.5) is 0 Å². The monoisotopic (exact) mass is 155 g/mol. The first-order chi connectivity index (χ1) is 5.45. The lowest BCUT2D eigenvalue weighted by atomic mass is 9.96. The molecule has 1 aliphatic carbocycles. The van der Waals surface area contributed by atoms with E-state index in [1.807, 2.05) is 0 Å². The van der Waals surface area contributed by atoms with E-state index >= 15 is 0 Å². The van der Waals surface area contributed by atoms with Crippen LogP contribution in [0.15, 0.2) is 0 Å². The molecule has 2 aliphatic rings. The van der Waals surface area contributed by atoms with Crippen LogP contribution in [-0.2, 0) is 4.74 Å². The minimum atomic E-state index is 0.609.